The summed E-state index contributed by atoms with van der Waals surface area (Å²) in [5.41, 5.74) is 2.46. The topological polar surface area (TPSA) is 59.2 Å². The van der Waals surface area contributed by atoms with Crippen molar-refractivity contribution in [3.05, 3.63) is 78.4 Å². The fraction of sp³-hybridized carbons (Fsp3) is 0.263. The molecule has 3 aromatic rings. The highest BCUT2D eigenvalue weighted by Crippen LogP contribution is 2.07. The Bertz CT molecular complexity index is 780. The number of rotatable bonds is 7. The molecule has 7 heteroatoms. The lowest BCUT2D eigenvalue weighted by Crippen LogP contribution is -2.38. The van der Waals surface area contributed by atoms with Crippen LogP contribution in [0.1, 0.15) is 11.1 Å². The highest BCUT2D eigenvalue weighted by molar-refractivity contribution is 14.0. The zero-order chi connectivity index (χ0) is 17.3. The van der Waals surface area contributed by atoms with E-state index in [-0.39, 0.29) is 24.0 Å². The zero-order valence-corrected chi connectivity index (χ0v) is 17.2. The van der Waals surface area contributed by atoms with Gasteiger partial charge in [0, 0.05) is 51.5 Å². The molecule has 2 aromatic heterocycles. The minimum absolute atomic E-state index is 0. The Morgan fingerprint density at radius 1 is 1.04 bits per heavy atom. The van der Waals surface area contributed by atoms with Crippen LogP contribution in [0.3, 0.4) is 0 Å². The molecule has 0 aliphatic carbocycles. The third kappa shape index (κ3) is 6.21. The van der Waals surface area contributed by atoms with E-state index in [4.69, 9.17) is 0 Å². The van der Waals surface area contributed by atoms with E-state index in [1.807, 2.05) is 29.1 Å². The molecule has 0 amide bonds. The van der Waals surface area contributed by atoms with Crippen LogP contribution >= 0.6 is 24.0 Å². The van der Waals surface area contributed by atoms with E-state index in [1.165, 1.54) is 11.1 Å². The Hall–Kier alpha value is -2.29. The van der Waals surface area contributed by atoms with Gasteiger partial charge in [0.25, 0.3) is 0 Å². The second-order valence-corrected chi connectivity index (χ2v) is 5.80. The maximum Gasteiger partial charge on any atom is 0.191 e. The van der Waals surface area contributed by atoms with E-state index in [0.717, 1.165) is 32.1 Å². The van der Waals surface area contributed by atoms with E-state index in [9.17, 15) is 0 Å². The molecule has 2 heterocycles. The first-order valence-corrected chi connectivity index (χ1v) is 8.44. The minimum Gasteiger partial charge on any atom is -0.355 e. The quantitative estimate of drug-likeness (QED) is 0.321. The normalized spacial score (nSPS) is 11.0. The summed E-state index contributed by atoms with van der Waals surface area (Å²) >= 11 is 0. The second-order valence-electron chi connectivity index (χ2n) is 5.80. The minimum atomic E-state index is 0. The average molecular weight is 464 g/mol. The number of aromatic nitrogens is 3. The van der Waals surface area contributed by atoms with Crippen LogP contribution in [-0.2, 0) is 19.6 Å². The van der Waals surface area contributed by atoms with E-state index in [2.05, 4.69) is 62.0 Å². The standard InChI is InChI=1S/C19H24N6.HI/c1-20-19(21-9-13-24-10-2-3-11-24)22-15-17-6-4-7-18(14-17)16-25-12-5-8-23-25;/h2-8,10-12,14H,9,13,15-16H2,1H3,(H2,20,21,22);1H. The monoisotopic (exact) mass is 464 g/mol. The van der Waals surface area contributed by atoms with Gasteiger partial charge in [-0.05, 0) is 29.3 Å². The van der Waals surface area contributed by atoms with Crippen molar-refractivity contribution < 1.29 is 0 Å². The lowest BCUT2D eigenvalue weighted by molar-refractivity contribution is 0.665. The number of nitrogens with one attached hydrogen (secondary N) is 2. The van der Waals surface area contributed by atoms with Crippen LogP contribution in [0.4, 0.5) is 0 Å². The van der Waals surface area contributed by atoms with Crippen molar-refractivity contribution in [3.63, 3.8) is 0 Å². The Morgan fingerprint density at radius 3 is 2.58 bits per heavy atom. The molecule has 3 rings (SSSR count). The third-order valence-electron chi connectivity index (χ3n) is 3.91. The lowest BCUT2D eigenvalue weighted by Gasteiger charge is -2.13. The lowest BCUT2D eigenvalue weighted by atomic mass is 10.1. The summed E-state index contributed by atoms with van der Waals surface area (Å²) in [6, 6.07) is 14.5. The predicted molar refractivity (Wildman–Crippen MR) is 116 cm³/mol. The van der Waals surface area contributed by atoms with Crippen molar-refractivity contribution >= 4 is 29.9 Å². The number of guanidine groups is 1. The number of hydrogen-bond donors (Lipinski definition) is 2. The van der Waals surface area contributed by atoms with Gasteiger partial charge in [-0.2, -0.15) is 5.10 Å². The fourth-order valence-corrected chi connectivity index (χ4v) is 2.65. The number of nitrogens with zero attached hydrogens (tertiary/aromatic N) is 4. The molecule has 0 saturated heterocycles. The van der Waals surface area contributed by atoms with E-state index < -0.39 is 0 Å². The summed E-state index contributed by atoms with van der Waals surface area (Å²) in [6.45, 7) is 3.25. The van der Waals surface area contributed by atoms with Crippen LogP contribution in [0.5, 0.6) is 0 Å². The molecule has 0 saturated carbocycles. The Morgan fingerprint density at radius 2 is 1.85 bits per heavy atom. The Kier molecular flexibility index (Phi) is 8.20. The van der Waals surface area contributed by atoms with E-state index in [0.29, 0.717) is 0 Å². The predicted octanol–water partition coefficient (Wildman–Crippen LogP) is 2.72. The zero-order valence-electron chi connectivity index (χ0n) is 14.9. The summed E-state index contributed by atoms with van der Waals surface area (Å²) in [6.07, 6.45) is 7.89. The van der Waals surface area contributed by atoms with Gasteiger partial charge in [-0.1, -0.05) is 24.3 Å². The van der Waals surface area contributed by atoms with Gasteiger partial charge in [0.15, 0.2) is 5.96 Å². The first kappa shape index (κ1) is 20.0. The first-order chi connectivity index (χ1) is 12.3. The maximum atomic E-state index is 4.28. The summed E-state index contributed by atoms with van der Waals surface area (Å²) < 4.78 is 4.06. The van der Waals surface area contributed by atoms with Crippen LogP contribution in [0.25, 0.3) is 0 Å². The molecule has 0 spiro atoms. The van der Waals surface area contributed by atoms with Gasteiger partial charge in [-0.15, -0.1) is 24.0 Å². The second kappa shape index (κ2) is 10.6. The van der Waals surface area contributed by atoms with Gasteiger partial charge in [-0.3, -0.25) is 9.67 Å². The Labute approximate surface area is 171 Å². The van der Waals surface area contributed by atoms with Gasteiger partial charge in [0.05, 0.1) is 6.54 Å². The van der Waals surface area contributed by atoms with Gasteiger partial charge in [0.1, 0.15) is 0 Å². The summed E-state index contributed by atoms with van der Waals surface area (Å²) in [5, 5.41) is 10.9. The third-order valence-corrected chi connectivity index (χ3v) is 3.91. The summed E-state index contributed by atoms with van der Waals surface area (Å²) in [4.78, 5) is 4.28. The van der Waals surface area contributed by atoms with Crippen LogP contribution in [0.2, 0.25) is 0 Å². The fourth-order valence-electron chi connectivity index (χ4n) is 2.65. The molecular weight excluding hydrogens is 439 g/mol. The van der Waals surface area contributed by atoms with Crippen LogP contribution in [0, 0.1) is 0 Å². The number of halogens is 1. The first-order valence-electron chi connectivity index (χ1n) is 8.44. The van der Waals surface area contributed by atoms with E-state index in [1.54, 1.807) is 13.2 Å². The molecule has 0 aliphatic rings. The van der Waals surface area contributed by atoms with Crippen molar-refractivity contribution in [2.24, 2.45) is 4.99 Å². The van der Waals surface area contributed by atoms with Gasteiger partial charge in [0.2, 0.25) is 0 Å². The molecule has 0 fully saturated rings. The van der Waals surface area contributed by atoms with Crippen molar-refractivity contribution in [1.82, 2.24) is 25.0 Å². The molecular formula is C19H25IN6. The molecule has 26 heavy (non-hydrogen) atoms. The van der Waals surface area contributed by atoms with Crippen molar-refractivity contribution in [2.75, 3.05) is 13.6 Å². The highest BCUT2D eigenvalue weighted by atomic mass is 127. The largest absolute Gasteiger partial charge is 0.355 e. The van der Waals surface area contributed by atoms with Crippen molar-refractivity contribution in [2.45, 2.75) is 19.6 Å². The molecule has 0 atom stereocenters. The molecule has 0 aliphatic heterocycles. The van der Waals surface area contributed by atoms with Crippen LogP contribution in [-0.4, -0.2) is 33.9 Å². The average Bonchev–Trinajstić information content (AvgIpc) is 3.32. The van der Waals surface area contributed by atoms with Gasteiger partial charge < -0.3 is 15.2 Å². The van der Waals surface area contributed by atoms with Gasteiger partial charge in [-0.25, -0.2) is 0 Å². The highest BCUT2D eigenvalue weighted by Gasteiger charge is 2.01. The van der Waals surface area contributed by atoms with Crippen molar-refractivity contribution in [1.29, 1.82) is 0 Å². The molecule has 138 valence electrons. The number of hydrogen-bond acceptors (Lipinski definition) is 2. The molecule has 6 nitrogen and oxygen atoms in total. The molecule has 1 aromatic carbocycles. The van der Waals surface area contributed by atoms with Crippen LogP contribution < -0.4 is 10.6 Å². The van der Waals surface area contributed by atoms with Crippen LogP contribution in [0.15, 0.2) is 72.2 Å². The maximum absolute atomic E-state index is 4.28. The van der Waals surface area contributed by atoms with Crippen molar-refractivity contribution in [3.8, 4) is 0 Å². The SMILES string of the molecule is CN=C(NCCn1cccc1)NCc1cccc(Cn2cccn2)c1.I. The number of benzene rings is 1. The molecule has 0 radical (unpaired) electrons. The molecule has 2 N–H and O–H groups in total. The Balaban J connectivity index is 0.00000243. The summed E-state index contributed by atoms with van der Waals surface area (Å²) in [7, 11) is 1.79. The smallest absolute Gasteiger partial charge is 0.191 e. The molecule has 0 unspecified atom stereocenters. The van der Waals surface area contributed by atoms with Gasteiger partial charge >= 0.3 is 0 Å². The summed E-state index contributed by atoms with van der Waals surface area (Å²) in [5.74, 6) is 0.810. The molecule has 0 bridgehead atoms. The van der Waals surface area contributed by atoms with E-state index >= 15 is 0 Å². The number of aliphatic imine (C=N–C) groups is 1.